The number of halogens is 3. The molecule has 0 spiro atoms. The van der Waals surface area contributed by atoms with Crippen molar-refractivity contribution in [3.05, 3.63) is 39.5 Å². The standard InChI is InChI=1S/C9H6Cl3N3/c10-5-1-2-6(9(12)8(5)11)15-4-3-7(13)14-15/h1-4H,(H2,13,14). The van der Waals surface area contributed by atoms with Crippen LogP contribution in [0, 0.1) is 0 Å². The summed E-state index contributed by atoms with van der Waals surface area (Å²) in [5, 5.41) is 5.09. The van der Waals surface area contributed by atoms with Crippen LogP contribution in [-0.2, 0) is 0 Å². The average Bonchev–Trinajstić information content (AvgIpc) is 2.61. The van der Waals surface area contributed by atoms with Gasteiger partial charge in [-0.2, -0.15) is 5.10 Å². The molecule has 15 heavy (non-hydrogen) atoms. The van der Waals surface area contributed by atoms with Crippen molar-refractivity contribution in [3.63, 3.8) is 0 Å². The van der Waals surface area contributed by atoms with E-state index in [1.807, 2.05) is 0 Å². The number of aromatic nitrogens is 2. The summed E-state index contributed by atoms with van der Waals surface area (Å²) in [4.78, 5) is 0. The normalized spacial score (nSPS) is 10.6. The first kappa shape index (κ1) is 10.6. The summed E-state index contributed by atoms with van der Waals surface area (Å²) in [5.41, 5.74) is 6.14. The number of nitrogens with two attached hydrogens (primary N) is 1. The molecule has 78 valence electrons. The van der Waals surface area contributed by atoms with E-state index in [9.17, 15) is 0 Å². The maximum atomic E-state index is 6.02. The third-order valence-electron chi connectivity index (χ3n) is 1.87. The Bertz CT molecular complexity index is 507. The molecular formula is C9H6Cl3N3. The number of hydrogen-bond donors (Lipinski definition) is 1. The summed E-state index contributed by atoms with van der Waals surface area (Å²) < 4.78 is 1.54. The van der Waals surface area contributed by atoms with Gasteiger partial charge in [0.1, 0.15) is 5.82 Å². The van der Waals surface area contributed by atoms with E-state index in [0.29, 0.717) is 26.6 Å². The molecule has 3 nitrogen and oxygen atoms in total. The first-order valence-electron chi connectivity index (χ1n) is 4.04. The van der Waals surface area contributed by atoms with Crippen LogP contribution in [0.4, 0.5) is 5.82 Å². The lowest BCUT2D eigenvalue weighted by Crippen LogP contribution is -1.97. The van der Waals surface area contributed by atoms with E-state index in [4.69, 9.17) is 40.5 Å². The summed E-state index contributed by atoms with van der Waals surface area (Å²) in [6, 6.07) is 5.05. The molecule has 6 heteroatoms. The topological polar surface area (TPSA) is 43.8 Å². The van der Waals surface area contributed by atoms with Gasteiger partial charge < -0.3 is 5.73 Å². The fourth-order valence-corrected chi connectivity index (χ4v) is 1.78. The highest BCUT2D eigenvalue weighted by molar-refractivity contribution is 6.48. The van der Waals surface area contributed by atoms with Gasteiger partial charge in [0.2, 0.25) is 0 Å². The van der Waals surface area contributed by atoms with Crippen molar-refractivity contribution in [2.75, 3.05) is 5.73 Å². The zero-order chi connectivity index (χ0) is 11.0. The van der Waals surface area contributed by atoms with E-state index in [1.54, 1.807) is 29.1 Å². The molecule has 0 radical (unpaired) electrons. The molecule has 0 bridgehead atoms. The van der Waals surface area contributed by atoms with Gasteiger partial charge in [0.25, 0.3) is 0 Å². The van der Waals surface area contributed by atoms with Crippen molar-refractivity contribution in [2.24, 2.45) is 0 Å². The minimum absolute atomic E-state index is 0.310. The van der Waals surface area contributed by atoms with E-state index in [0.717, 1.165) is 0 Å². The Kier molecular flexibility index (Phi) is 2.78. The van der Waals surface area contributed by atoms with Gasteiger partial charge in [0, 0.05) is 12.3 Å². The lowest BCUT2D eigenvalue weighted by molar-refractivity contribution is 0.886. The van der Waals surface area contributed by atoms with Crippen molar-refractivity contribution in [1.82, 2.24) is 9.78 Å². The Labute approximate surface area is 101 Å². The monoisotopic (exact) mass is 261 g/mol. The lowest BCUT2D eigenvalue weighted by atomic mass is 10.3. The number of benzene rings is 1. The van der Waals surface area contributed by atoms with Crippen LogP contribution in [0.3, 0.4) is 0 Å². The van der Waals surface area contributed by atoms with Crippen LogP contribution in [-0.4, -0.2) is 9.78 Å². The second-order valence-electron chi connectivity index (χ2n) is 2.88. The highest BCUT2D eigenvalue weighted by Crippen LogP contribution is 2.34. The molecule has 2 aromatic rings. The zero-order valence-corrected chi connectivity index (χ0v) is 9.68. The van der Waals surface area contributed by atoms with E-state index in [2.05, 4.69) is 5.10 Å². The third-order valence-corrected chi connectivity index (χ3v) is 3.15. The molecule has 0 aliphatic heterocycles. The fraction of sp³-hybridized carbons (Fsp3) is 0. The number of nitrogen functional groups attached to an aromatic ring is 1. The van der Waals surface area contributed by atoms with Crippen LogP contribution in [0.1, 0.15) is 0 Å². The van der Waals surface area contributed by atoms with Crippen LogP contribution in [0.5, 0.6) is 0 Å². The highest BCUT2D eigenvalue weighted by Gasteiger charge is 2.10. The molecule has 0 fully saturated rings. The number of anilines is 1. The molecule has 0 unspecified atom stereocenters. The molecule has 1 aromatic heterocycles. The van der Waals surface area contributed by atoms with E-state index < -0.39 is 0 Å². The number of nitrogens with zero attached hydrogens (tertiary/aromatic N) is 2. The Hall–Kier alpha value is -0.900. The van der Waals surface area contributed by atoms with Crippen molar-refractivity contribution in [2.45, 2.75) is 0 Å². The molecule has 2 N–H and O–H groups in total. The predicted octanol–water partition coefficient (Wildman–Crippen LogP) is 3.41. The van der Waals surface area contributed by atoms with Crippen molar-refractivity contribution >= 4 is 40.6 Å². The lowest BCUT2D eigenvalue weighted by Gasteiger charge is -2.06. The third kappa shape index (κ3) is 1.91. The molecule has 2 rings (SSSR count). The highest BCUT2D eigenvalue weighted by atomic mass is 35.5. The van der Waals surface area contributed by atoms with Crippen LogP contribution >= 0.6 is 34.8 Å². The van der Waals surface area contributed by atoms with Gasteiger partial charge in [-0.1, -0.05) is 34.8 Å². The minimum atomic E-state index is 0.310. The maximum Gasteiger partial charge on any atom is 0.145 e. The Balaban J connectivity index is 2.59. The molecule has 0 saturated carbocycles. The van der Waals surface area contributed by atoms with Crippen molar-refractivity contribution in [3.8, 4) is 5.69 Å². The van der Waals surface area contributed by atoms with Gasteiger partial charge in [-0.05, 0) is 12.1 Å². The fourth-order valence-electron chi connectivity index (χ4n) is 1.16. The quantitative estimate of drug-likeness (QED) is 0.800. The summed E-state index contributed by atoms with van der Waals surface area (Å²) >= 11 is 17.7. The minimum Gasteiger partial charge on any atom is -0.382 e. The smallest absolute Gasteiger partial charge is 0.145 e. The zero-order valence-electron chi connectivity index (χ0n) is 7.42. The molecule has 0 amide bonds. The number of rotatable bonds is 1. The molecule has 0 saturated heterocycles. The van der Waals surface area contributed by atoms with Gasteiger partial charge >= 0.3 is 0 Å². The SMILES string of the molecule is Nc1ccn(-c2ccc(Cl)c(Cl)c2Cl)n1. The van der Waals surface area contributed by atoms with Crippen LogP contribution in [0.25, 0.3) is 5.69 Å². The molecule has 0 aliphatic carbocycles. The van der Waals surface area contributed by atoms with Crippen LogP contribution in [0.2, 0.25) is 15.1 Å². The Morgan fingerprint density at radius 1 is 1.07 bits per heavy atom. The van der Waals surface area contributed by atoms with E-state index in [1.165, 1.54) is 0 Å². The second-order valence-corrected chi connectivity index (χ2v) is 4.04. The van der Waals surface area contributed by atoms with Gasteiger partial charge in [0.05, 0.1) is 20.8 Å². The van der Waals surface area contributed by atoms with Crippen LogP contribution in [0.15, 0.2) is 24.4 Å². The molecule has 0 atom stereocenters. The van der Waals surface area contributed by atoms with Gasteiger partial charge in [-0.25, -0.2) is 4.68 Å². The van der Waals surface area contributed by atoms with E-state index in [-0.39, 0.29) is 0 Å². The molecule has 1 heterocycles. The van der Waals surface area contributed by atoms with Crippen LogP contribution < -0.4 is 5.73 Å². The predicted molar refractivity (Wildman–Crippen MR) is 63.0 cm³/mol. The Morgan fingerprint density at radius 3 is 2.40 bits per heavy atom. The second kappa shape index (κ2) is 3.93. The molecule has 1 aromatic carbocycles. The average molecular weight is 263 g/mol. The maximum absolute atomic E-state index is 6.02. The first-order chi connectivity index (χ1) is 7.09. The summed E-state index contributed by atoms with van der Waals surface area (Å²) in [6.45, 7) is 0. The van der Waals surface area contributed by atoms with E-state index >= 15 is 0 Å². The van der Waals surface area contributed by atoms with Gasteiger partial charge in [0.15, 0.2) is 0 Å². The van der Waals surface area contributed by atoms with Crippen molar-refractivity contribution < 1.29 is 0 Å². The summed E-state index contributed by atoms with van der Waals surface area (Å²) in [6.07, 6.45) is 1.70. The molecule has 0 aliphatic rings. The largest absolute Gasteiger partial charge is 0.382 e. The Morgan fingerprint density at radius 2 is 1.80 bits per heavy atom. The van der Waals surface area contributed by atoms with Gasteiger partial charge in [-0.3, -0.25) is 0 Å². The van der Waals surface area contributed by atoms with Gasteiger partial charge in [-0.15, -0.1) is 0 Å². The first-order valence-corrected chi connectivity index (χ1v) is 5.18. The van der Waals surface area contributed by atoms with Crippen molar-refractivity contribution in [1.29, 1.82) is 0 Å². The summed E-state index contributed by atoms with van der Waals surface area (Å²) in [5.74, 6) is 0.414. The summed E-state index contributed by atoms with van der Waals surface area (Å²) in [7, 11) is 0. The number of hydrogen-bond acceptors (Lipinski definition) is 2. The molecular weight excluding hydrogens is 256 g/mol.